The molecule has 1 amide bonds. The maximum Gasteiger partial charge on any atom is 0.234 e. The number of hydrogen-bond acceptors (Lipinski definition) is 4. The molecule has 0 saturated carbocycles. The molecule has 0 radical (unpaired) electrons. The average molecular weight is 421 g/mol. The molecule has 0 saturated heterocycles. The van der Waals surface area contributed by atoms with Gasteiger partial charge in [-0.05, 0) is 36.4 Å². The molecule has 0 spiro atoms. The van der Waals surface area contributed by atoms with Crippen molar-refractivity contribution < 1.29 is 14.3 Å². The summed E-state index contributed by atoms with van der Waals surface area (Å²) >= 11 is 19.3. The smallest absolute Gasteiger partial charge is 0.234 e. The van der Waals surface area contributed by atoms with E-state index in [-0.39, 0.29) is 11.7 Å². The van der Waals surface area contributed by atoms with Crippen LogP contribution in [0.1, 0.15) is 0 Å². The summed E-state index contributed by atoms with van der Waals surface area (Å²) in [6.07, 6.45) is 0. The van der Waals surface area contributed by atoms with E-state index in [1.54, 1.807) is 7.11 Å². The van der Waals surface area contributed by atoms with Crippen LogP contribution in [0.25, 0.3) is 0 Å². The monoisotopic (exact) mass is 419 g/mol. The highest BCUT2D eigenvalue weighted by atomic mass is 35.5. The summed E-state index contributed by atoms with van der Waals surface area (Å²) in [6, 6.07) is 10.4. The van der Waals surface area contributed by atoms with E-state index in [4.69, 9.17) is 44.3 Å². The van der Waals surface area contributed by atoms with Gasteiger partial charge < -0.3 is 14.8 Å². The second-order valence-electron chi connectivity index (χ2n) is 4.87. The minimum absolute atomic E-state index is 0.172. The summed E-state index contributed by atoms with van der Waals surface area (Å²) in [6.45, 7) is 0.498. The minimum Gasteiger partial charge on any atom is -0.497 e. The second-order valence-corrected chi connectivity index (χ2v) is 7.20. The number of amides is 1. The highest BCUT2D eigenvalue weighted by Crippen LogP contribution is 2.32. The lowest BCUT2D eigenvalue weighted by Crippen LogP contribution is -2.15. The van der Waals surface area contributed by atoms with Crippen molar-refractivity contribution in [2.45, 2.75) is 0 Å². The van der Waals surface area contributed by atoms with E-state index < -0.39 is 0 Å². The molecule has 25 heavy (non-hydrogen) atoms. The van der Waals surface area contributed by atoms with Gasteiger partial charge in [-0.3, -0.25) is 4.79 Å². The van der Waals surface area contributed by atoms with Crippen LogP contribution in [0.3, 0.4) is 0 Å². The largest absolute Gasteiger partial charge is 0.497 e. The number of methoxy groups -OCH3 is 1. The van der Waals surface area contributed by atoms with E-state index in [0.29, 0.717) is 33.1 Å². The number of ether oxygens (including phenoxy) is 2. The fourth-order valence-electron chi connectivity index (χ4n) is 1.86. The first-order chi connectivity index (χ1) is 12.0. The SMILES string of the molecule is COc1ccc(OCCSCC(=O)Nc2cc(Cl)c(Cl)cc2Cl)cc1. The summed E-state index contributed by atoms with van der Waals surface area (Å²) in [5.41, 5.74) is 0.441. The van der Waals surface area contributed by atoms with Crippen molar-refractivity contribution in [2.24, 2.45) is 0 Å². The zero-order chi connectivity index (χ0) is 18.2. The molecule has 0 heterocycles. The van der Waals surface area contributed by atoms with E-state index in [1.165, 1.54) is 23.9 Å². The number of halogens is 3. The van der Waals surface area contributed by atoms with E-state index in [2.05, 4.69) is 5.32 Å². The Labute approximate surface area is 165 Å². The van der Waals surface area contributed by atoms with Crippen molar-refractivity contribution in [2.75, 3.05) is 30.5 Å². The van der Waals surface area contributed by atoms with Gasteiger partial charge in [-0.1, -0.05) is 34.8 Å². The van der Waals surface area contributed by atoms with Crippen LogP contribution in [-0.2, 0) is 4.79 Å². The van der Waals surface area contributed by atoms with Crippen LogP contribution in [-0.4, -0.2) is 31.1 Å². The highest BCUT2D eigenvalue weighted by Gasteiger charge is 2.09. The molecular formula is C17H16Cl3NO3S. The van der Waals surface area contributed by atoms with E-state index >= 15 is 0 Å². The zero-order valence-electron chi connectivity index (χ0n) is 13.4. The molecule has 1 N–H and O–H groups in total. The van der Waals surface area contributed by atoms with E-state index in [9.17, 15) is 4.79 Å². The van der Waals surface area contributed by atoms with Crippen molar-refractivity contribution in [3.63, 3.8) is 0 Å². The second kappa shape index (κ2) is 10.0. The Hall–Kier alpha value is -1.27. The number of rotatable bonds is 8. The van der Waals surface area contributed by atoms with Crippen LogP contribution in [0, 0.1) is 0 Å². The first-order valence-electron chi connectivity index (χ1n) is 7.28. The molecular weight excluding hydrogens is 405 g/mol. The predicted octanol–water partition coefficient (Wildman–Crippen LogP) is 5.41. The van der Waals surface area contributed by atoms with Gasteiger partial charge in [0.05, 0.1) is 40.2 Å². The third kappa shape index (κ3) is 6.51. The Morgan fingerprint density at radius 2 is 1.68 bits per heavy atom. The normalized spacial score (nSPS) is 10.4. The molecule has 0 unspecified atom stereocenters. The molecule has 0 aliphatic rings. The van der Waals surface area contributed by atoms with Crippen LogP contribution < -0.4 is 14.8 Å². The summed E-state index contributed by atoms with van der Waals surface area (Å²) in [5.74, 6) is 2.32. The number of hydrogen-bond donors (Lipinski definition) is 1. The van der Waals surface area contributed by atoms with Gasteiger partial charge in [-0.25, -0.2) is 0 Å². The van der Waals surface area contributed by atoms with Gasteiger partial charge >= 0.3 is 0 Å². The van der Waals surface area contributed by atoms with Crippen molar-refractivity contribution in [1.29, 1.82) is 0 Å². The van der Waals surface area contributed by atoms with Crippen LogP contribution >= 0.6 is 46.6 Å². The molecule has 2 aromatic carbocycles. The van der Waals surface area contributed by atoms with Crippen LogP contribution in [0.15, 0.2) is 36.4 Å². The summed E-state index contributed by atoms with van der Waals surface area (Å²) in [4.78, 5) is 11.9. The lowest BCUT2D eigenvalue weighted by molar-refractivity contribution is -0.113. The molecule has 0 aromatic heterocycles. The van der Waals surface area contributed by atoms with E-state index in [0.717, 1.165) is 11.5 Å². The quantitative estimate of drug-likeness (QED) is 0.458. The molecule has 2 rings (SSSR count). The first kappa shape index (κ1) is 20.0. The van der Waals surface area contributed by atoms with Gasteiger partial charge in [0.1, 0.15) is 11.5 Å². The third-order valence-electron chi connectivity index (χ3n) is 3.07. The van der Waals surface area contributed by atoms with Gasteiger partial charge in [-0.15, -0.1) is 11.8 Å². The summed E-state index contributed by atoms with van der Waals surface area (Å²) in [7, 11) is 1.61. The molecule has 0 atom stereocenters. The van der Waals surface area contributed by atoms with Crippen LogP contribution in [0.4, 0.5) is 5.69 Å². The van der Waals surface area contributed by atoms with Crippen LogP contribution in [0.5, 0.6) is 11.5 Å². The molecule has 0 aliphatic carbocycles. The topological polar surface area (TPSA) is 47.6 Å². The number of carbonyl (C=O) groups excluding carboxylic acids is 1. The molecule has 8 heteroatoms. The summed E-state index contributed by atoms with van der Waals surface area (Å²) in [5, 5.41) is 3.73. The van der Waals surface area contributed by atoms with Gasteiger partial charge in [0.15, 0.2) is 0 Å². The van der Waals surface area contributed by atoms with Crippen molar-refractivity contribution in [1.82, 2.24) is 0 Å². The molecule has 4 nitrogen and oxygen atoms in total. The number of carbonyl (C=O) groups is 1. The van der Waals surface area contributed by atoms with Crippen molar-refractivity contribution in [3.8, 4) is 11.5 Å². The number of anilines is 1. The molecule has 134 valence electrons. The Bertz CT molecular complexity index is 726. The number of benzene rings is 2. The highest BCUT2D eigenvalue weighted by molar-refractivity contribution is 7.99. The molecule has 2 aromatic rings. The van der Waals surface area contributed by atoms with Gasteiger partial charge in [-0.2, -0.15) is 0 Å². The van der Waals surface area contributed by atoms with Gasteiger partial charge in [0, 0.05) is 5.75 Å². The molecule has 0 aliphatic heterocycles. The lowest BCUT2D eigenvalue weighted by atomic mass is 10.3. The van der Waals surface area contributed by atoms with Gasteiger partial charge in [0.2, 0.25) is 5.91 Å². The number of nitrogens with one attached hydrogen (secondary N) is 1. The van der Waals surface area contributed by atoms with Crippen molar-refractivity contribution in [3.05, 3.63) is 51.5 Å². The fraction of sp³-hybridized carbons (Fsp3) is 0.235. The Morgan fingerprint density at radius 3 is 2.36 bits per heavy atom. The first-order valence-corrected chi connectivity index (χ1v) is 9.57. The Morgan fingerprint density at radius 1 is 1.04 bits per heavy atom. The maximum atomic E-state index is 11.9. The van der Waals surface area contributed by atoms with Crippen molar-refractivity contribution >= 4 is 58.2 Å². The Balaban J connectivity index is 1.69. The predicted molar refractivity (Wildman–Crippen MR) is 106 cm³/mol. The summed E-state index contributed by atoms with van der Waals surface area (Å²) < 4.78 is 10.7. The zero-order valence-corrected chi connectivity index (χ0v) is 16.4. The molecule has 0 bridgehead atoms. The average Bonchev–Trinajstić information content (AvgIpc) is 2.60. The van der Waals surface area contributed by atoms with E-state index in [1.807, 2.05) is 24.3 Å². The van der Waals surface area contributed by atoms with Gasteiger partial charge in [0.25, 0.3) is 0 Å². The minimum atomic E-state index is -0.172. The lowest BCUT2D eigenvalue weighted by Gasteiger charge is -2.09. The van der Waals surface area contributed by atoms with Crippen LogP contribution in [0.2, 0.25) is 15.1 Å². The Kier molecular flexibility index (Phi) is 8.03. The standard InChI is InChI=1S/C17H16Cl3NO3S/c1-23-11-2-4-12(5-3-11)24-6-7-25-10-17(22)21-16-9-14(19)13(18)8-15(16)20/h2-5,8-9H,6-7,10H2,1H3,(H,21,22). The maximum absolute atomic E-state index is 11.9. The third-order valence-corrected chi connectivity index (χ3v) is 5.03. The number of thioether (sulfide) groups is 1. The fourth-order valence-corrected chi connectivity index (χ4v) is 3.06. The molecule has 0 fully saturated rings.